The van der Waals surface area contributed by atoms with Crippen molar-refractivity contribution >= 4 is 34.7 Å². The van der Waals surface area contributed by atoms with E-state index in [1.165, 1.54) is 12.8 Å². The third-order valence-corrected chi connectivity index (χ3v) is 4.49. The summed E-state index contributed by atoms with van der Waals surface area (Å²) in [5.74, 6) is -0.320. The molecular formula is C22H23N2O2+. The van der Waals surface area contributed by atoms with Crippen LogP contribution in [0.2, 0.25) is 0 Å². The molecule has 4 nitrogen and oxygen atoms in total. The zero-order valence-electron chi connectivity index (χ0n) is 15.6. The smallest absolute Gasteiger partial charge is 0.337 e. The Morgan fingerprint density at radius 2 is 1.73 bits per heavy atom. The standard InChI is InChI=1S/C22H23N2O2/c1-23(2)19-10-5-16(6-11-19)7-12-20-13-8-17-15-18(22(25)26-4)9-14-21(17)24(20)3/h5-15H,1-4H3/q+1. The van der Waals surface area contributed by atoms with E-state index < -0.39 is 0 Å². The normalized spacial score (nSPS) is 11.1. The number of nitrogens with zero attached hydrogens (tertiary/aromatic N) is 2. The second-order valence-corrected chi connectivity index (χ2v) is 6.40. The topological polar surface area (TPSA) is 33.4 Å². The van der Waals surface area contributed by atoms with Crippen molar-refractivity contribution in [1.29, 1.82) is 0 Å². The largest absolute Gasteiger partial charge is 0.465 e. The number of carbonyl (C=O) groups excluding carboxylic acids is 1. The predicted molar refractivity (Wildman–Crippen MR) is 106 cm³/mol. The molecule has 0 amide bonds. The first-order valence-corrected chi connectivity index (χ1v) is 8.46. The Hall–Kier alpha value is -3.14. The summed E-state index contributed by atoms with van der Waals surface area (Å²) in [6.07, 6.45) is 4.20. The molecular weight excluding hydrogens is 324 g/mol. The number of fused-ring (bicyclic) bond motifs is 1. The zero-order chi connectivity index (χ0) is 18.7. The molecule has 0 aliphatic rings. The van der Waals surface area contributed by atoms with E-state index in [0.717, 1.165) is 22.2 Å². The van der Waals surface area contributed by atoms with Gasteiger partial charge in [-0.3, -0.25) is 0 Å². The Morgan fingerprint density at radius 3 is 2.38 bits per heavy atom. The van der Waals surface area contributed by atoms with Gasteiger partial charge in [-0.1, -0.05) is 12.1 Å². The molecule has 0 saturated carbocycles. The van der Waals surface area contributed by atoms with E-state index >= 15 is 0 Å². The average Bonchev–Trinajstić information content (AvgIpc) is 2.67. The van der Waals surface area contributed by atoms with Crippen LogP contribution in [0.5, 0.6) is 0 Å². The molecule has 0 aliphatic carbocycles. The van der Waals surface area contributed by atoms with Crippen molar-refractivity contribution in [2.24, 2.45) is 7.05 Å². The lowest BCUT2D eigenvalue weighted by molar-refractivity contribution is -0.646. The zero-order valence-corrected chi connectivity index (χ0v) is 15.6. The monoisotopic (exact) mass is 347 g/mol. The lowest BCUT2D eigenvalue weighted by Gasteiger charge is -2.11. The number of benzene rings is 2. The lowest BCUT2D eigenvalue weighted by atomic mass is 10.1. The first kappa shape index (κ1) is 17.7. The molecule has 26 heavy (non-hydrogen) atoms. The van der Waals surface area contributed by atoms with Crippen molar-refractivity contribution in [3.05, 3.63) is 71.4 Å². The quantitative estimate of drug-likeness (QED) is 0.533. The van der Waals surface area contributed by atoms with Gasteiger partial charge < -0.3 is 9.64 Å². The Labute approximate surface area is 153 Å². The van der Waals surface area contributed by atoms with Crippen molar-refractivity contribution in [3.8, 4) is 0 Å². The van der Waals surface area contributed by atoms with Gasteiger partial charge >= 0.3 is 5.97 Å². The molecule has 0 fully saturated rings. The van der Waals surface area contributed by atoms with Gasteiger partial charge in [-0.2, -0.15) is 4.57 Å². The van der Waals surface area contributed by atoms with Crippen LogP contribution >= 0.6 is 0 Å². The Balaban J connectivity index is 1.90. The van der Waals surface area contributed by atoms with Gasteiger partial charge in [-0.05, 0) is 42.0 Å². The highest BCUT2D eigenvalue weighted by Crippen LogP contribution is 2.17. The SMILES string of the molecule is COC(=O)c1ccc2c(ccc(C=Cc3ccc(N(C)C)cc3)[n+]2C)c1. The molecule has 0 radical (unpaired) electrons. The predicted octanol–water partition coefficient (Wildman–Crippen LogP) is 3.69. The van der Waals surface area contributed by atoms with Crippen LogP contribution in [0.4, 0.5) is 5.69 Å². The maximum absolute atomic E-state index is 11.7. The second kappa shape index (κ2) is 7.40. The van der Waals surface area contributed by atoms with Crippen LogP contribution in [0, 0.1) is 0 Å². The van der Waals surface area contributed by atoms with Crippen molar-refractivity contribution in [2.75, 3.05) is 26.1 Å². The van der Waals surface area contributed by atoms with Crippen LogP contribution in [0.25, 0.3) is 23.1 Å². The Morgan fingerprint density at radius 1 is 1.00 bits per heavy atom. The molecule has 3 aromatic rings. The molecule has 3 rings (SSSR count). The minimum absolute atomic E-state index is 0.320. The summed E-state index contributed by atoms with van der Waals surface area (Å²) in [5, 5.41) is 1.00. The highest BCUT2D eigenvalue weighted by atomic mass is 16.5. The maximum Gasteiger partial charge on any atom is 0.337 e. The number of aryl methyl sites for hydroxylation is 1. The van der Waals surface area contributed by atoms with Gasteiger partial charge in [0.2, 0.25) is 11.2 Å². The number of carbonyl (C=O) groups is 1. The van der Waals surface area contributed by atoms with Crippen molar-refractivity contribution in [3.63, 3.8) is 0 Å². The minimum atomic E-state index is -0.320. The summed E-state index contributed by atoms with van der Waals surface area (Å²) < 4.78 is 6.90. The minimum Gasteiger partial charge on any atom is -0.465 e. The third kappa shape index (κ3) is 3.59. The first-order chi connectivity index (χ1) is 12.5. The van der Waals surface area contributed by atoms with Crippen LogP contribution < -0.4 is 9.47 Å². The second-order valence-electron chi connectivity index (χ2n) is 6.40. The first-order valence-electron chi connectivity index (χ1n) is 8.46. The van der Waals surface area contributed by atoms with Crippen molar-refractivity contribution < 1.29 is 14.1 Å². The van der Waals surface area contributed by atoms with E-state index in [2.05, 4.69) is 45.9 Å². The summed E-state index contributed by atoms with van der Waals surface area (Å²) >= 11 is 0. The van der Waals surface area contributed by atoms with Crippen LogP contribution in [-0.4, -0.2) is 27.2 Å². The number of ether oxygens (including phenoxy) is 1. The van der Waals surface area contributed by atoms with E-state index in [-0.39, 0.29) is 5.97 Å². The van der Waals surface area contributed by atoms with Gasteiger partial charge in [-0.15, -0.1) is 0 Å². The fourth-order valence-corrected chi connectivity index (χ4v) is 2.90. The number of hydrogen-bond acceptors (Lipinski definition) is 3. The lowest BCUT2D eigenvalue weighted by Crippen LogP contribution is -2.32. The number of aromatic nitrogens is 1. The number of anilines is 1. The number of pyridine rings is 1. The molecule has 132 valence electrons. The van der Waals surface area contributed by atoms with Gasteiger partial charge in [0.25, 0.3) is 0 Å². The molecule has 0 unspecified atom stereocenters. The summed E-state index contributed by atoms with van der Waals surface area (Å²) in [4.78, 5) is 13.8. The van der Waals surface area contributed by atoms with Gasteiger partial charge in [-0.25, -0.2) is 4.79 Å². The van der Waals surface area contributed by atoms with Gasteiger partial charge in [0.05, 0.1) is 12.7 Å². The number of rotatable bonds is 4. The molecule has 0 atom stereocenters. The fraction of sp³-hybridized carbons (Fsp3) is 0.182. The van der Waals surface area contributed by atoms with Crippen LogP contribution in [0.3, 0.4) is 0 Å². The highest BCUT2D eigenvalue weighted by Gasteiger charge is 2.12. The third-order valence-electron chi connectivity index (χ3n) is 4.49. The van der Waals surface area contributed by atoms with Gasteiger partial charge in [0.1, 0.15) is 7.05 Å². The number of methoxy groups -OCH3 is 1. The van der Waals surface area contributed by atoms with E-state index in [9.17, 15) is 4.79 Å². The summed E-state index contributed by atoms with van der Waals surface area (Å²) in [6, 6.07) is 18.1. The van der Waals surface area contributed by atoms with Gasteiger partial charge in [0.15, 0.2) is 0 Å². The molecule has 4 heteroatoms. The van der Waals surface area contributed by atoms with Gasteiger partial charge in [0, 0.05) is 43.4 Å². The molecule has 1 aromatic heterocycles. The van der Waals surface area contributed by atoms with E-state index in [0.29, 0.717) is 5.56 Å². The van der Waals surface area contributed by atoms with E-state index in [4.69, 9.17) is 4.74 Å². The average molecular weight is 347 g/mol. The molecule has 0 bridgehead atoms. The van der Waals surface area contributed by atoms with E-state index in [1.807, 2.05) is 45.4 Å². The highest BCUT2D eigenvalue weighted by molar-refractivity contribution is 5.93. The summed E-state index contributed by atoms with van der Waals surface area (Å²) in [6.45, 7) is 0. The number of hydrogen-bond donors (Lipinski definition) is 0. The molecule has 1 heterocycles. The van der Waals surface area contributed by atoms with Crippen molar-refractivity contribution in [2.45, 2.75) is 0 Å². The van der Waals surface area contributed by atoms with E-state index in [1.54, 1.807) is 6.07 Å². The molecule has 0 N–H and O–H groups in total. The van der Waals surface area contributed by atoms with Crippen LogP contribution in [0.15, 0.2) is 54.6 Å². The van der Waals surface area contributed by atoms with Crippen LogP contribution in [0.1, 0.15) is 21.6 Å². The Kier molecular flexibility index (Phi) is 5.03. The summed E-state index contributed by atoms with van der Waals surface area (Å²) in [7, 11) is 7.48. The molecule has 0 saturated heterocycles. The molecule has 2 aromatic carbocycles. The molecule has 0 aliphatic heterocycles. The van der Waals surface area contributed by atoms with Crippen molar-refractivity contribution in [1.82, 2.24) is 0 Å². The molecule has 0 spiro atoms. The number of esters is 1. The maximum atomic E-state index is 11.7. The summed E-state index contributed by atoms with van der Waals surface area (Å²) in [5.41, 5.74) is 5.03. The fourth-order valence-electron chi connectivity index (χ4n) is 2.90. The Bertz CT molecular complexity index is 973. The van der Waals surface area contributed by atoms with Crippen LogP contribution in [-0.2, 0) is 11.8 Å².